The molecule has 5 heteroatoms. The van der Waals surface area contributed by atoms with E-state index in [1.165, 1.54) is 0 Å². The second-order valence-corrected chi connectivity index (χ2v) is 5.44. The molecule has 2 fully saturated rings. The third kappa shape index (κ3) is 2.82. The molecule has 0 radical (unpaired) electrons. The molecule has 2 heterocycles. The first-order valence-corrected chi connectivity index (χ1v) is 6.70. The van der Waals surface area contributed by atoms with Crippen LogP contribution >= 0.6 is 0 Å². The highest BCUT2D eigenvalue weighted by Gasteiger charge is 2.35. The van der Waals surface area contributed by atoms with Crippen LogP contribution in [0, 0.1) is 17.2 Å². The maximum Gasteiger partial charge on any atom is 0.219 e. The van der Waals surface area contributed by atoms with Crippen LogP contribution in [0.2, 0.25) is 0 Å². The van der Waals surface area contributed by atoms with Crippen molar-refractivity contribution >= 4 is 5.91 Å². The van der Waals surface area contributed by atoms with Gasteiger partial charge in [0.25, 0.3) is 0 Å². The first-order valence-electron chi connectivity index (χ1n) is 6.70. The third-order valence-corrected chi connectivity index (χ3v) is 4.17. The number of hydrogen-bond donors (Lipinski definition) is 0. The van der Waals surface area contributed by atoms with E-state index in [-0.39, 0.29) is 5.91 Å². The molecule has 2 atom stereocenters. The molecule has 0 spiro atoms. The van der Waals surface area contributed by atoms with Gasteiger partial charge in [0.05, 0.1) is 12.6 Å². The van der Waals surface area contributed by atoms with E-state index in [9.17, 15) is 4.79 Å². The number of piperazine rings is 1. The van der Waals surface area contributed by atoms with Crippen molar-refractivity contribution in [2.45, 2.75) is 19.9 Å². The normalized spacial score (nSPS) is 30.4. The van der Waals surface area contributed by atoms with Crippen molar-refractivity contribution in [3.05, 3.63) is 0 Å². The fourth-order valence-corrected chi connectivity index (χ4v) is 3.12. The Hall–Kier alpha value is -1.12. The third-order valence-electron chi connectivity index (χ3n) is 4.17. The van der Waals surface area contributed by atoms with Crippen LogP contribution < -0.4 is 0 Å². The molecule has 0 N–H and O–H groups in total. The highest BCUT2D eigenvalue weighted by atomic mass is 16.2. The Labute approximate surface area is 109 Å². The molecule has 2 aliphatic heterocycles. The summed E-state index contributed by atoms with van der Waals surface area (Å²) in [7, 11) is 0. The highest BCUT2D eigenvalue weighted by Crippen LogP contribution is 2.22. The quantitative estimate of drug-likeness (QED) is 0.647. The maximum atomic E-state index is 11.3. The SMILES string of the molecule is CC(=O)N1CCN([C@@H]2CN(CC#N)C[C@@H]2C)CC1. The van der Waals surface area contributed by atoms with E-state index in [2.05, 4.69) is 22.8 Å². The Morgan fingerprint density at radius 1 is 1.28 bits per heavy atom. The molecule has 0 saturated carbocycles. The summed E-state index contributed by atoms with van der Waals surface area (Å²) in [6.45, 7) is 10.1. The monoisotopic (exact) mass is 250 g/mol. The average Bonchev–Trinajstić information content (AvgIpc) is 2.71. The summed E-state index contributed by atoms with van der Waals surface area (Å²) in [5.74, 6) is 0.794. The Kier molecular flexibility index (Phi) is 4.20. The fraction of sp³-hybridized carbons (Fsp3) is 0.846. The number of likely N-dealkylation sites (tertiary alicyclic amines) is 1. The second kappa shape index (κ2) is 5.68. The van der Waals surface area contributed by atoms with E-state index in [4.69, 9.17) is 5.26 Å². The lowest BCUT2D eigenvalue weighted by Gasteiger charge is -2.39. The molecule has 0 aromatic heterocycles. The minimum absolute atomic E-state index is 0.181. The van der Waals surface area contributed by atoms with Crippen molar-refractivity contribution in [1.82, 2.24) is 14.7 Å². The van der Waals surface area contributed by atoms with Gasteiger partial charge in [-0.15, -0.1) is 0 Å². The van der Waals surface area contributed by atoms with Crippen molar-refractivity contribution in [1.29, 1.82) is 5.26 Å². The number of amides is 1. The highest BCUT2D eigenvalue weighted by molar-refractivity contribution is 5.73. The van der Waals surface area contributed by atoms with E-state index in [0.717, 1.165) is 39.3 Å². The lowest BCUT2D eigenvalue weighted by molar-refractivity contribution is -0.130. The minimum Gasteiger partial charge on any atom is -0.340 e. The van der Waals surface area contributed by atoms with Crippen LogP contribution in [0.15, 0.2) is 0 Å². The molecule has 0 unspecified atom stereocenters. The minimum atomic E-state index is 0.181. The largest absolute Gasteiger partial charge is 0.340 e. The Morgan fingerprint density at radius 3 is 2.50 bits per heavy atom. The molecule has 2 saturated heterocycles. The molecule has 18 heavy (non-hydrogen) atoms. The van der Waals surface area contributed by atoms with Gasteiger partial charge >= 0.3 is 0 Å². The van der Waals surface area contributed by atoms with Gasteiger partial charge in [0, 0.05) is 52.2 Å². The summed E-state index contributed by atoms with van der Waals surface area (Å²) in [6.07, 6.45) is 0. The standard InChI is InChI=1S/C13H22N4O/c1-11-9-15(4-3-14)10-13(11)17-7-5-16(6-8-17)12(2)18/h11,13H,4-10H2,1-2H3/t11-,13+/m0/s1. The summed E-state index contributed by atoms with van der Waals surface area (Å²) in [5.41, 5.74) is 0. The zero-order valence-electron chi connectivity index (χ0n) is 11.3. The zero-order valence-corrected chi connectivity index (χ0v) is 11.3. The number of hydrogen-bond acceptors (Lipinski definition) is 4. The summed E-state index contributed by atoms with van der Waals surface area (Å²) < 4.78 is 0. The van der Waals surface area contributed by atoms with E-state index in [1.54, 1.807) is 6.92 Å². The predicted molar refractivity (Wildman–Crippen MR) is 68.8 cm³/mol. The number of carbonyl (C=O) groups excluding carboxylic acids is 1. The first-order chi connectivity index (χ1) is 8.61. The Bertz CT molecular complexity index is 343. The van der Waals surface area contributed by atoms with Crippen LogP contribution in [0.4, 0.5) is 0 Å². The summed E-state index contributed by atoms with van der Waals surface area (Å²) in [4.78, 5) is 17.9. The number of carbonyl (C=O) groups is 1. The van der Waals surface area contributed by atoms with Crippen molar-refractivity contribution < 1.29 is 4.79 Å². The van der Waals surface area contributed by atoms with Crippen LogP contribution in [0.3, 0.4) is 0 Å². The van der Waals surface area contributed by atoms with Crippen LogP contribution in [0.5, 0.6) is 0 Å². The van der Waals surface area contributed by atoms with Crippen LogP contribution in [-0.4, -0.2) is 72.5 Å². The maximum absolute atomic E-state index is 11.3. The van der Waals surface area contributed by atoms with Crippen molar-refractivity contribution in [2.24, 2.45) is 5.92 Å². The van der Waals surface area contributed by atoms with Gasteiger partial charge in [0.1, 0.15) is 0 Å². The number of nitrogens with zero attached hydrogens (tertiary/aromatic N) is 4. The average molecular weight is 250 g/mol. The molecule has 0 aromatic carbocycles. The molecule has 0 aromatic rings. The molecule has 2 aliphatic rings. The molecule has 5 nitrogen and oxygen atoms in total. The summed E-state index contributed by atoms with van der Waals surface area (Å²) >= 11 is 0. The van der Waals surface area contributed by atoms with Gasteiger partial charge in [-0.25, -0.2) is 0 Å². The van der Waals surface area contributed by atoms with Gasteiger partial charge < -0.3 is 4.90 Å². The van der Waals surface area contributed by atoms with Gasteiger partial charge in [0.15, 0.2) is 0 Å². The Balaban J connectivity index is 1.86. The summed E-state index contributed by atoms with van der Waals surface area (Å²) in [6, 6.07) is 2.78. The second-order valence-electron chi connectivity index (χ2n) is 5.44. The van der Waals surface area contributed by atoms with E-state index >= 15 is 0 Å². The topological polar surface area (TPSA) is 50.6 Å². The van der Waals surface area contributed by atoms with Gasteiger partial charge in [-0.3, -0.25) is 14.6 Å². The number of nitriles is 1. The van der Waals surface area contributed by atoms with Gasteiger partial charge in [0.2, 0.25) is 5.91 Å². The molecule has 1 amide bonds. The van der Waals surface area contributed by atoms with E-state index in [0.29, 0.717) is 18.5 Å². The molecule has 100 valence electrons. The van der Waals surface area contributed by atoms with Crippen LogP contribution in [-0.2, 0) is 4.79 Å². The zero-order chi connectivity index (χ0) is 13.1. The summed E-state index contributed by atoms with van der Waals surface area (Å²) in [5, 5.41) is 8.76. The molecule has 0 bridgehead atoms. The first kappa shape index (κ1) is 13.3. The molecule has 2 rings (SSSR count). The van der Waals surface area contributed by atoms with Crippen LogP contribution in [0.25, 0.3) is 0 Å². The predicted octanol–water partition coefficient (Wildman–Crippen LogP) is -0.00562. The smallest absolute Gasteiger partial charge is 0.219 e. The van der Waals surface area contributed by atoms with E-state index in [1.807, 2.05) is 4.90 Å². The van der Waals surface area contributed by atoms with Crippen LogP contribution in [0.1, 0.15) is 13.8 Å². The van der Waals surface area contributed by atoms with Gasteiger partial charge in [-0.1, -0.05) is 6.92 Å². The van der Waals surface area contributed by atoms with Crippen molar-refractivity contribution in [2.75, 3.05) is 45.8 Å². The van der Waals surface area contributed by atoms with E-state index < -0.39 is 0 Å². The molecular formula is C13H22N4O. The molecule has 0 aliphatic carbocycles. The lowest BCUT2D eigenvalue weighted by Crippen LogP contribution is -2.53. The fourth-order valence-electron chi connectivity index (χ4n) is 3.12. The van der Waals surface area contributed by atoms with Crippen molar-refractivity contribution in [3.8, 4) is 6.07 Å². The van der Waals surface area contributed by atoms with Gasteiger partial charge in [-0.2, -0.15) is 5.26 Å². The number of rotatable bonds is 2. The van der Waals surface area contributed by atoms with Gasteiger partial charge in [-0.05, 0) is 5.92 Å². The van der Waals surface area contributed by atoms with Crippen molar-refractivity contribution in [3.63, 3.8) is 0 Å². The molecular weight excluding hydrogens is 228 g/mol. The Morgan fingerprint density at radius 2 is 1.94 bits per heavy atom. The lowest BCUT2D eigenvalue weighted by atomic mass is 10.0.